The predicted molar refractivity (Wildman–Crippen MR) is 72.5 cm³/mol. The lowest BCUT2D eigenvalue weighted by Crippen LogP contribution is -2.26. The van der Waals surface area contributed by atoms with Crippen molar-refractivity contribution in [2.75, 3.05) is 5.73 Å². The van der Waals surface area contributed by atoms with Gasteiger partial charge in [0.15, 0.2) is 0 Å². The number of aryl methyl sites for hydroxylation is 3. The molecule has 2 rings (SSSR count). The Kier molecular flexibility index (Phi) is 3.46. The van der Waals surface area contributed by atoms with Gasteiger partial charge in [0.2, 0.25) is 0 Å². The minimum absolute atomic E-state index is 0.178. The molecule has 0 fully saturated rings. The summed E-state index contributed by atoms with van der Waals surface area (Å²) in [6.45, 7) is 4.40. The Bertz CT molecular complexity index is 599. The van der Waals surface area contributed by atoms with Crippen molar-refractivity contribution in [1.29, 1.82) is 0 Å². The van der Waals surface area contributed by atoms with E-state index in [0.29, 0.717) is 6.54 Å². The fourth-order valence-corrected chi connectivity index (χ4v) is 1.97. The Morgan fingerprint density at radius 1 is 1.22 bits per heavy atom. The van der Waals surface area contributed by atoms with Crippen LogP contribution in [0.1, 0.15) is 17.0 Å². The van der Waals surface area contributed by atoms with Gasteiger partial charge in [-0.3, -0.25) is 4.57 Å². The van der Waals surface area contributed by atoms with Gasteiger partial charge in [-0.1, -0.05) is 12.1 Å². The van der Waals surface area contributed by atoms with Gasteiger partial charge in [-0.05, 0) is 44.0 Å². The molecule has 0 saturated heterocycles. The lowest BCUT2D eigenvalue weighted by Gasteiger charge is -2.09. The van der Waals surface area contributed by atoms with E-state index in [1.807, 2.05) is 44.2 Å². The van der Waals surface area contributed by atoms with Gasteiger partial charge >= 0.3 is 5.69 Å². The number of nitrogen functional groups attached to an aromatic ring is 1. The Balaban J connectivity index is 2.16. The maximum Gasteiger partial charge on any atom is 0.347 e. The number of hydrogen-bond acceptors (Lipinski definition) is 3. The lowest BCUT2D eigenvalue weighted by atomic mass is 10.1. The number of benzene rings is 1. The molecule has 1 aromatic carbocycles. The third kappa shape index (κ3) is 2.77. The second-order valence-electron chi connectivity index (χ2n) is 4.46. The Labute approximate surface area is 106 Å². The summed E-state index contributed by atoms with van der Waals surface area (Å²) in [5.41, 5.74) is 9.08. The van der Waals surface area contributed by atoms with Crippen LogP contribution < -0.4 is 11.4 Å². The molecule has 2 aromatic rings. The fourth-order valence-electron chi connectivity index (χ4n) is 1.97. The zero-order valence-electron chi connectivity index (χ0n) is 10.7. The Morgan fingerprint density at radius 3 is 2.50 bits per heavy atom. The zero-order valence-corrected chi connectivity index (χ0v) is 10.7. The summed E-state index contributed by atoms with van der Waals surface area (Å²) in [5.74, 6) is 0. The average molecular weight is 243 g/mol. The first kappa shape index (κ1) is 12.4. The van der Waals surface area contributed by atoms with Crippen LogP contribution in [0.4, 0.5) is 5.69 Å². The standard InChI is InChI=1S/C14H17N3O/c1-10-9-11(2)17(14(18)16-10)8-7-12-3-5-13(15)6-4-12/h3-6,9H,7-8,15H2,1-2H3. The number of nitrogens with zero attached hydrogens (tertiary/aromatic N) is 2. The fraction of sp³-hybridized carbons (Fsp3) is 0.286. The molecular formula is C14H17N3O. The van der Waals surface area contributed by atoms with E-state index in [9.17, 15) is 4.79 Å². The molecular weight excluding hydrogens is 226 g/mol. The van der Waals surface area contributed by atoms with Gasteiger partial charge in [0.1, 0.15) is 0 Å². The third-order valence-electron chi connectivity index (χ3n) is 2.95. The van der Waals surface area contributed by atoms with Crippen LogP contribution in [0.15, 0.2) is 35.1 Å². The molecule has 0 atom stereocenters. The minimum Gasteiger partial charge on any atom is -0.399 e. The molecule has 4 nitrogen and oxygen atoms in total. The molecule has 0 unspecified atom stereocenters. The Hall–Kier alpha value is -2.10. The first-order valence-corrected chi connectivity index (χ1v) is 5.96. The van der Waals surface area contributed by atoms with Gasteiger partial charge in [0.25, 0.3) is 0 Å². The number of anilines is 1. The van der Waals surface area contributed by atoms with Gasteiger partial charge in [0, 0.05) is 23.6 Å². The topological polar surface area (TPSA) is 60.9 Å². The summed E-state index contributed by atoms with van der Waals surface area (Å²) < 4.78 is 1.70. The monoisotopic (exact) mass is 243 g/mol. The SMILES string of the molecule is Cc1cc(C)n(CCc2ccc(N)cc2)c(=O)n1. The van der Waals surface area contributed by atoms with Crippen molar-refractivity contribution in [3.05, 3.63) is 57.8 Å². The van der Waals surface area contributed by atoms with Crippen LogP contribution in [0.25, 0.3) is 0 Å². The molecule has 0 aliphatic rings. The molecule has 4 heteroatoms. The molecule has 94 valence electrons. The van der Waals surface area contributed by atoms with Crippen LogP contribution >= 0.6 is 0 Å². The molecule has 0 spiro atoms. The number of nitrogens with two attached hydrogens (primary N) is 1. The molecule has 0 aliphatic heterocycles. The normalized spacial score (nSPS) is 10.6. The van der Waals surface area contributed by atoms with E-state index >= 15 is 0 Å². The van der Waals surface area contributed by atoms with Crippen LogP contribution in [0.2, 0.25) is 0 Å². The molecule has 1 heterocycles. The van der Waals surface area contributed by atoms with Crippen LogP contribution in [0, 0.1) is 13.8 Å². The van der Waals surface area contributed by atoms with E-state index in [2.05, 4.69) is 4.98 Å². The van der Waals surface area contributed by atoms with Gasteiger partial charge < -0.3 is 5.73 Å². The van der Waals surface area contributed by atoms with E-state index in [1.165, 1.54) is 0 Å². The van der Waals surface area contributed by atoms with Crippen LogP contribution in [-0.2, 0) is 13.0 Å². The van der Waals surface area contributed by atoms with Crippen LogP contribution in [0.3, 0.4) is 0 Å². The van der Waals surface area contributed by atoms with E-state index < -0.39 is 0 Å². The molecule has 0 saturated carbocycles. The summed E-state index contributed by atoms with van der Waals surface area (Å²) in [7, 11) is 0. The van der Waals surface area contributed by atoms with Crippen molar-refractivity contribution in [1.82, 2.24) is 9.55 Å². The highest BCUT2D eigenvalue weighted by Crippen LogP contribution is 2.07. The van der Waals surface area contributed by atoms with Crippen molar-refractivity contribution >= 4 is 5.69 Å². The van der Waals surface area contributed by atoms with Crippen molar-refractivity contribution in [3.8, 4) is 0 Å². The first-order chi connectivity index (χ1) is 8.56. The number of hydrogen-bond donors (Lipinski definition) is 1. The molecule has 0 amide bonds. The first-order valence-electron chi connectivity index (χ1n) is 5.96. The van der Waals surface area contributed by atoms with Crippen molar-refractivity contribution in [2.24, 2.45) is 0 Å². The average Bonchev–Trinajstić information content (AvgIpc) is 2.30. The smallest absolute Gasteiger partial charge is 0.347 e. The summed E-state index contributed by atoms with van der Waals surface area (Å²) in [5, 5.41) is 0. The van der Waals surface area contributed by atoms with Crippen LogP contribution in [-0.4, -0.2) is 9.55 Å². The molecule has 1 aromatic heterocycles. The quantitative estimate of drug-likeness (QED) is 0.834. The maximum absolute atomic E-state index is 11.8. The number of aromatic nitrogens is 2. The van der Waals surface area contributed by atoms with Crippen molar-refractivity contribution < 1.29 is 0 Å². The highest BCUT2D eigenvalue weighted by Gasteiger charge is 2.03. The van der Waals surface area contributed by atoms with Gasteiger partial charge in [0.05, 0.1) is 0 Å². The van der Waals surface area contributed by atoms with Crippen LogP contribution in [0.5, 0.6) is 0 Å². The number of rotatable bonds is 3. The molecule has 18 heavy (non-hydrogen) atoms. The highest BCUT2D eigenvalue weighted by atomic mass is 16.1. The maximum atomic E-state index is 11.8. The highest BCUT2D eigenvalue weighted by molar-refractivity contribution is 5.39. The van der Waals surface area contributed by atoms with Gasteiger partial charge in [-0.25, -0.2) is 4.79 Å². The predicted octanol–water partition coefficient (Wildman–Crippen LogP) is 1.69. The van der Waals surface area contributed by atoms with E-state index in [0.717, 1.165) is 29.1 Å². The Morgan fingerprint density at radius 2 is 1.89 bits per heavy atom. The zero-order chi connectivity index (χ0) is 13.1. The minimum atomic E-state index is -0.178. The summed E-state index contributed by atoms with van der Waals surface area (Å²) >= 11 is 0. The van der Waals surface area contributed by atoms with E-state index in [-0.39, 0.29) is 5.69 Å². The van der Waals surface area contributed by atoms with Crippen molar-refractivity contribution in [3.63, 3.8) is 0 Å². The summed E-state index contributed by atoms with van der Waals surface area (Å²) in [6, 6.07) is 9.63. The van der Waals surface area contributed by atoms with Gasteiger partial charge in [-0.15, -0.1) is 0 Å². The van der Waals surface area contributed by atoms with Crippen molar-refractivity contribution in [2.45, 2.75) is 26.8 Å². The lowest BCUT2D eigenvalue weighted by molar-refractivity contribution is 0.626. The molecule has 0 aliphatic carbocycles. The summed E-state index contributed by atoms with van der Waals surface area (Å²) in [4.78, 5) is 15.7. The largest absolute Gasteiger partial charge is 0.399 e. The second-order valence-corrected chi connectivity index (χ2v) is 4.46. The molecule has 0 bridgehead atoms. The molecule has 0 radical (unpaired) electrons. The summed E-state index contributed by atoms with van der Waals surface area (Å²) in [6.07, 6.45) is 0.797. The van der Waals surface area contributed by atoms with Gasteiger partial charge in [-0.2, -0.15) is 4.98 Å². The molecule has 2 N–H and O–H groups in total. The second kappa shape index (κ2) is 5.04. The van der Waals surface area contributed by atoms with E-state index in [4.69, 9.17) is 5.73 Å². The third-order valence-corrected chi connectivity index (χ3v) is 2.95. The van der Waals surface area contributed by atoms with E-state index in [1.54, 1.807) is 4.57 Å².